The summed E-state index contributed by atoms with van der Waals surface area (Å²) in [4.78, 5) is 25.7. The first kappa shape index (κ1) is 23.4. The van der Waals surface area contributed by atoms with Gasteiger partial charge in [0.1, 0.15) is 11.5 Å². The fraction of sp³-hybridized carbons (Fsp3) is 0.417. The number of halogens is 1. The fourth-order valence-corrected chi connectivity index (χ4v) is 5.45. The Labute approximate surface area is 202 Å². The van der Waals surface area contributed by atoms with Gasteiger partial charge in [-0.2, -0.15) is 4.98 Å². The summed E-state index contributed by atoms with van der Waals surface area (Å²) in [6.07, 6.45) is 5.20. The second-order valence-electron chi connectivity index (χ2n) is 9.08. The third kappa shape index (κ3) is 4.90. The first-order chi connectivity index (χ1) is 16.8. The Morgan fingerprint density at radius 1 is 1.11 bits per heavy atom. The third-order valence-corrected chi connectivity index (χ3v) is 7.87. The van der Waals surface area contributed by atoms with Gasteiger partial charge in [0.2, 0.25) is 5.91 Å². The van der Waals surface area contributed by atoms with Crippen molar-refractivity contribution in [2.24, 2.45) is 5.92 Å². The van der Waals surface area contributed by atoms with Crippen LogP contribution in [0.2, 0.25) is 0 Å². The Hall–Kier alpha value is -3.34. The summed E-state index contributed by atoms with van der Waals surface area (Å²) in [6, 6.07) is 9.52. The van der Waals surface area contributed by atoms with E-state index >= 15 is 0 Å². The number of aromatic nitrogens is 3. The van der Waals surface area contributed by atoms with Crippen LogP contribution in [0.25, 0.3) is 11.6 Å². The number of nitrogens with zero attached hydrogens (tertiary/aromatic N) is 5. The first-order valence-electron chi connectivity index (χ1n) is 11.6. The van der Waals surface area contributed by atoms with Gasteiger partial charge in [-0.05, 0) is 60.7 Å². The number of piperidine rings is 1. The van der Waals surface area contributed by atoms with Gasteiger partial charge in [0.05, 0.1) is 4.90 Å². The van der Waals surface area contributed by atoms with E-state index in [2.05, 4.69) is 15.1 Å². The lowest BCUT2D eigenvalue weighted by atomic mass is 9.97. The number of rotatable bonds is 6. The van der Waals surface area contributed by atoms with Crippen LogP contribution in [0.5, 0.6) is 0 Å². The van der Waals surface area contributed by atoms with Crippen LogP contribution in [0.3, 0.4) is 0 Å². The molecule has 0 spiro atoms. The largest absolute Gasteiger partial charge is 0.339 e. The van der Waals surface area contributed by atoms with Gasteiger partial charge in [-0.25, -0.2) is 12.8 Å². The van der Waals surface area contributed by atoms with E-state index in [0.29, 0.717) is 49.2 Å². The van der Waals surface area contributed by atoms with Crippen molar-refractivity contribution in [1.29, 1.82) is 0 Å². The normalized spacial score (nSPS) is 19.5. The maximum absolute atomic E-state index is 14.5. The SMILES string of the molecule is CS(=O)(=O)c1ccc(C[C@H]2CCN(C3CCN(c4noc(-c5ccccn5)n4)CC3)C2=O)c(F)c1. The van der Waals surface area contributed by atoms with E-state index in [-0.39, 0.29) is 29.2 Å². The monoisotopic (exact) mass is 499 g/mol. The Morgan fingerprint density at radius 3 is 2.60 bits per heavy atom. The number of likely N-dealkylation sites (tertiary alicyclic amines) is 1. The van der Waals surface area contributed by atoms with E-state index in [0.717, 1.165) is 25.2 Å². The van der Waals surface area contributed by atoms with Gasteiger partial charge in [0, 0.05) is 44.0 Å². The van der Waals surface area contributed by atoms with Crippen molar-refractivity contribution in [3.63, 3.8) is 0 Å². The number of sulfone groups is 1. The minimum absolute atomic E-state index is 0.0343. The van der Waals surface area contributed by atoms with Crippen molar-refractivity contribution in [2.75, 3.05) is 30.8 Å². The smallest absolute Gasteiger partial charge is 0.278 e. The standard InChI is InChI=1S/C24H26FN5O4S/c1-35(32,33)19-6-5-16(20(25)15-19)14-17-7-13-30(23(17)31)18-8-11-29(12-9-18)24-27-22(34-28-24)21-4-2-3-10-26-21/h2-6,10,15,17-18H,7-9,11-14H2,1H3/t17-/m1/s1. The van der Waals surface area contributed by atoms with Gasteiger partial charge in [-0.3, -0.25) is 9.78 Å². The highest BCUT2D eigenvalue weighted by atomic mass is 32.2. The summed E-state index contributed by atoms with van der Waals surface area (Å²) >= 11 is 0. The molecule has 0 bridgehead atoms. The molecule has 0 N–H and O–H groups in total. The quantitative estimate of drug-likeness (QED) is 0.509. The molecule has 1 amide bonds. The number of carbonyl (C=O) groups excluding carboxylic acids is 1. The molecule has 0 radical (unpaired) electrons. The minimum atomic E-state index is -3.48. The summed E-state index contributed by atoms with van der Waals surface area (Å²) < 4.78 is 43.2. The molecule has 4 heterocycles. The Morgan fingerprint density at radius 2 is 1.91 bits per heavy atom. The van der Waals surface area contributed by atoms with Crippen LogP contribution in [0.4, 0.5) is 10.3 Å². The van der Waals surface area contributed by atoms with Crippen molar-refractivity contribution in [3.05, 3.63) is 54.0 Å². The predicted octanol–water partition coefficient (Wildman–Crippen LogP) is 2.73. The van der Waals surface area contributed by atoms with Gasteiger partial charge in [-0.15, -0.1) is 0 Å². The highest BCUT2D eigenvalue weighted by molar-refractivity contribution is 7.90. The van der Waals surface area contributed by atoms with Gasteiger partial charge in [-0.1, -0.05) is 12.1 Å². The molecule has 1 aromatic carbocycles. The fourth-order valence-electron chi connectivity index (χ4n) is 4.82. The van der Waals surface area contributed by atoms with E-state index in [4.69, 9.17) is 4.52 Å². The second-order valence-corrected chi connectivity index (χ2v) is 11.1. The number of amides is 1. The lowest BCUT2D eigenvalue weighted by Gasteiger charge is -2.36. The van der Waals surface area contributed by atoms with E-state index < -0.39 is 15.7 Å². The number of hydrogen-bond acceptors (Lipinski definition) is 8. The summed E-state index contributed by atoms with van der Waals surface area (Å²) in [5.74, 6) is 0.0364. The van der Waals surface area contributed by atoms with Crippen LogP contribution in [-0.2, 0) is 21.1 Å². The van der Waals surface area contributed by atoms with Crippen LogP contribution in [-0.4, -0.2) is 66.3 Å². The zero-order chi connectivity index (χ0) is 24.6. The van der Waals surface area contributed by atoms with E-state index in [1.807, 2.05) is 28.0 Å². The van der Waals surface area contributed by atoms with Crippen molar-refractivity contribution in [3.8, 4) is 11.6 Å². The topological polar surface area (TPSA) is 110 Å². The van der Waals surface area contributed by atoms with E-state index in [1.54, 1.807) is 6.20 Å². The molecular weight excluding hydrogens is 473 g/mol. The van der Waals surface area contributed by atoms with Crippen molar-refractivity contribution < 1.29 is 22.1 Å². The molecule has 2 fully saturated rings. The molecule has 5 rings (SSSR count). The lowest BCUT2D eigenvalue weighted by Crippen LogP contribution is -2.46. The average molecular weight is 500 g/mol. The number of pyridine rings is 1. The van der Waals surface area contributed by atoms with E-state index in [1.165, 1.54) is 12.1 Å². The Bertz CT molecular complexity index is 1320. The zero-order valence-corrected chi connectivity index (χ0v) is 20.1. The minimum Gasteiger partial charge on any atom is -0.339 e. The number of carbonyl (C=O) groups is 1. The molecule has 2 aliphatic heterocycles. The van der Waals surface area contributed by atoms with Crippen LogP contribution in [0, 0.1) is 11.7 Å². The molecule has 2 saturated heterocycles. The molecule has 3 aromatic rings. The molecule has 1 atom stereocenters. The molecule has 0 saturated carbocycles. The molecule has 0 unspecified atom stereocenters. The summed E-state index contributed by atoms with van der Waals surface area (Å²) in [5, 5.41) is 4.09. The number of hydrogen-bond donors (Lipinski definition) is 0. The molecule has 2 aliphatic rings. The van der Waals surface area contributed by atoms with Crippen molar-refractivity contribution in [1.82, 2.24) is 20.0 Å². The van der Waals surface area contributed by atoms with Crippen LogP contribution in [0.15, 0.2) is 52.0 Å². The maximum Gasteiger partial charge on any atom is 0.278 e. The highest BCUT2D eigenvalue weighted by Gasteiger charge is 2.38. The molecule has 2 aromatic heterocycles. The van der Waals surface area contributed by atoms with Gasteiger partial charge < -0.3 is 14.3 Å². The van der Waals surface area contributed by atoms with Gasteiger partial charge >= 0.3 is 0 Å². The first-order valence-corrected chi connectivity index (χ1v) is 13.5. The maximum atomic E-state index is 14.5. The van der Waals surface area contributed by atoms with Crippen molar-refractivity contribution >= 4 is 21.7 Å². The lowest BCUT2D eigenvalue weighted by molar-refractivity contribution is -0.133. The predicted molar refractivity (Wildman–Crippen MR) is 126 cm³/mol. The summed E-state index contributed by atoms with van der Waals surface area (Å²) in [7, 11) is -3.48. The molecule has 9 nitrogen and oxygen atoms in total. The molecule has 11 heteroatoms. The zero-order valence-electron chi connectivity index (χ0n) is 19.3. The number of benzene rings is 1. The Kier molecular flexibility index (Phi) is 6.26. The molecule has 35 heavy (non-hydrogen) atoms. The summed E-state index contributed by atoms with van der Waals surface area (Å²) in [5.41, 5.74) is 0.991. The summed E-state index contributed by atoms with van der Waals surface area (Å²) in [6.45, 7) is 2.03. The third-order valence-electron chi connectivity index (χ3n) is 6.76. The average Bonchev–Trinajstić information content (AvgIpc) is 3.48. The number of anilines is 1. The van der Waals surface area contributed by atoms with Crippen LogP contribution < -0.4 is 4.90 Å². The van der Waals surface area contributed by atoms with Crippen LogP contribution in [0.1, 0.15) is 24.8 Å². The molecule has 0 aliphatic carbocycles. The van der Waals surface area contributed by atoms with Crippen molar-refractivity contribution in [2.45, 2.75) is 36.6 Å². The second kappa shape index (κ2) is 9.37. The Balaban J connectivity index is 1.18. The van der Waals surface area contributed by atoms with Crippen LogP contribution >= 0.6 is 0 Å². The van der Waals surface area contributed by atoms with E-state index in [9.17, 15) is 17.6 Å². The molecular formula is C24H26FN5O4S. The molecule has 184 valence electrons. The highest BCUT2D eigenvalue weighted by Crippen LogP contribution is 2.30. The van der Waals surface area contributed by atoms with Gasteiger partial charge in [0.15, 0.2) is 9.84 Å². The van der Waals surface area contributed by atoms with Gasteiger partial charge in [0.25, 0.3) is 11.8 Å².